The number of carbonyl (C=O) groups excluding carboxylic acids is 3. The Morgan fingerprint density at radius 3 is 2.53 bits per heavy atom. The lowest BCUT2D eigenvalue weighted by Crippen LogP contribution is -2.27. The molecular weight excluding hydrogens is 462 g/mol. The maximum absolute atomic E-state index is 12.8. The van der Waals surface area contributed by atoms with E-state index < -0.39 is 30.2 Å². The zero-order chi connectivity index (χ0) is 26.2. The highest BCUT2D eigenvalue weighted by Gasteiger charge is 2.33. The van der Waals surface area contributed by atoms with Crippen molar-refractivity contribution in [3.8, 4) is 5.75 Å². The van der Waals surface area contributed by atoms with Gasteiger partial charge >= 0.3 is 17.9 Å². The molecule has 1 aliphatic heterocycles. The number of ether oxygens (including phenoxy) is 2. The SMILES string of the molecule is CCc1c(C)c2c(c(OC(=O)CC(=O)NCc3ccccc3)c1C/C=C(\C)CCC(=O)O)C(=O)OC2. The molecule has 36 heavy (non-hydrogen) atoms. The number of fused-ring (bicyclic) bond motifs is 1. The van der Waals surface area contributed by atoms with Crippen LogP contribution in [0, 0.1) is 6.92 Å². The molecule has 0 saturated carbocycles. The molecule has 8 heteroatoms. The van der Waals surface area contributed by atoms with E-state index in [4.69, 9.17) is 14.6 Å². The van der Waals surface area contributed by atoms with Crippen LogP contribution in [0.25, 0.3) is 0 Å². The van der Waals surface area contributed by atoms with Gasteiger partial charge in [-0.05, 0) is 49.8 Å². The summed E-state index contributed by atoms with van der Waals surface area (Å²) >= 11 is 0. The van der Waals surface area contributed by atoms with Crippen LogP contribution >= 0.6 is 0 Å². The molecule has 8 nitrogen and oxygen atoms in total. The van der Waals surface area contributed by atoms with E-state index in [9.17, 15) is 19.2 Å². The second-order valence-electron chi connectivity index (χ2n) is 8.76. The number of benzene rings is 2. The van der Waals surface area contributed by atoms with Crippen molar-refractivity contribution in [3.05, 3.63) is 75.4 Å². The fourth-order valence-corrected chi connectivity index (χ4v) is 4.26. The molecule has 1 heterocycles. The highest BCUT2D eigenvalue weighted by molar-refractivity contribution is 6.00. The average Bonchev–Trinajstić information content (AvgIpc) is 3.24. The van der Waals surface area contributed by atoms with Gasteiger partial charge in [0.25, 0.3) is 0 Å². The first-order valence-corrected chi connectivity index (χ1v) is 11.9. The van der Waals surface area contributed by atoms with Gasteiger partial charge in [-0.2, -0.15) is 0 Å². The van der Waals surface area contributed by atoms with Crippen molar-refractivity contribution in [3.63, 3.8) is 0 Å². The lowest BCUT2D eigenvalue weighted by atomic mass is 9.89. The molecule has 0 aromatic heterocycles. The Bertz CT molecular complexity index is 1200. The summed E-state index contributed by atoms with van der Waals surface area (Å²) in [6.07, 6.45) is 2.76. The average molecular weight is 494 g/mol. The Balaban J connectivity index is 1.85. The third-order valence-electron chi connectivity index (χ3n) is 6.22. The summed E-state index contributed by atoms with van der Waals surface area (Å²) < 4.78 is 10.9. The van der Waals surface area contributed by atoms with Gasteiger partial charge in [-0.15, -0.1) is 0 Å². The zero-order valence-electron chi connectivity index (χ0n) is 20.8. The number of cyclic esters (lactones) is 1. The number of aliphatic carboxylic acids is 1. The summed E-state index contributed by atoms with van der Waals surface area (Å²) in [6.45, 7) is 6.10. The van der Waals surface area contributed by atoms with E-state index in [1.807, 2.05) is 57.2 Å². The number of rotatable bonds is 11. The number of nitrogens with one attached hydrogen (secondary N) is 1. The first-order valence-electron chi connectivity index (χ1n) is 11.9. The molecule has 3 rings (SSSR count). The fourth-order valence-electron chi connectivity index (χ4n) is 4.26. The van der Waals surface area contributed by atoms with Crippen LogP contribution in [-0.4, -0.2) is 28.9 Å². The summed E-state index contributed by atoms with van der Waals surface area (Å²) in [4.78, 5) is 48.6. The van der Waals surface area contributed by atoms with E-state index in [0.29, 0.717) is 30.4 Å². The monoisotopic (exact) mass is 493 g/mol. The lowest BCUT2D eigenvalue weighted by molar-refractivity contribution is -0.139. The van der Waals surface area contributed by atoms with Crippen LogP contribution in [0.5, 0.6) is 5.75 Å². The van der Waals surface area contributed by atoms with Crippen LogP contribution in [0.3, 0.4) is 0 Å². The third-order valence-corrected chi connectivity index (χ3v) is 6.22. The first-order chi connectivity index (χ1) is 17.2. The van der Waals surface area contributed by atoms with Gasteiger partial charge in [0.2, 0.25) is 5.91 Å². The van der Waals surface area contributed by atoms with Crippen LogP contribution < -0.4 is 10.1 Å². The number of amides is 1. The third kappa shape index (κ3) is 6.59. The number of hydrogen-bond donors (Lipinski definition) is 2. The zero-order valence-corrected chi connectivity index (χ0v) is 20.8. The molecular formula is C28H31NO7. The van der Waals surface area contributed by atoms with Gasteiger partial charge in [0, 0.05) is 24.1 Å². The molecule has 0 radical (unpaired) electrons. The number of esters is 2. The fraction of sp³-hybridized carbons (Fsp3) is 0.357. The van der Waals surface area contributed by atoms with Crippen LogP contribution in [-0.2, 0) is 45.1 Å². The minimum absolute atomic E-state index is 0.0123. The van der Waals surface area contributed by atoms with E-state index in [1.54, 1.807) is 0 Å². The molecule has 1 amide bonds. The van der Waals surface area contributed by atoms with Crippen molar-refractivity contribution in [1.82, 2.24) is 5.32 Å². The van der Waals surface area contributed by atoms with Gasteiger partial charge in [-0.1, -0.05) is 48.9 Å². The minimum atomic E-state index is -0.881. The van der Waals surface area contributed by atoms with Gasteiger partial charge in [0.1, 0.15) is 24.3 Å². The maximum Gasteiger partial charge on any atom is 0.342 e. The topological polar surface area (TPSA) is 119 Å². The van der Waals surface area contributed by atoms with Crippen molar-refractivity contribution in [2.24, 2.45) is 0 Å². The molecule has 0 spiro atoms. The summed E-state index contributed by atoms with van der Waals surface area (Å²) in [5.74, 6) is -2.59. The maximum atomic E-state index is 12.8. The number of carbonyl (C=O) groups is 4. The molecule has 1 aliphatic rings. The van der Waals surface area contributed by atoms with Crippen LogP contribution in [0.2, 0.25) is 0 Å². The van der Waals surface area contributed by atoms with Gasteiger partial charge < -0.3 is 19.9 Å². The van der Waals surface area contributed by atoms with Crippen LogP contribution in [0.1, 0.15) is 71.3 Å². The molecule has 0 unspecified atom stereocenters. The van der Waals surface area contributed by atoms with Crippen molar-refractivity contribution in [2.45, 2.75) is 66.0 Å². The molecule has 2 aromatic carbocycles. The Labute approximate surface area is 210 Å². The van der Waals surface area contributed by atoms with E-state index in [-0.39, 0.29) is 30.9 Å². The molecule has 2 aromatic rings. The highest BCUT2D eigenvalue weighted by atomic mass is 16.6. The van der Waals surface area contributed by atoms with Crippen molar-refractivity contribution in [2.75, 3.05) is 0 Å². The normalized spacial score (nSPS) is 12.6. The largest absolute Gasteiger partial charge is 0.481 e. The Kier molecular flexibility index (Phi) is 9.00. The summed E-state index contributed by atoms with van der Waals surface area (Å²) in [7, 11) is 0. The number of hydrogen-bond acceptors (Lipinski definition) is 6. The smallest absolute Gasteiger partial charge is 0.342 e. The highest BCUT2D eigenvalue weighted by Crippen LogP contribution is 2.39. The predicted molar refractivity (Wildman–Crippen MR) is 133 cm³/mol. The summed E-state index contributed by atoms with van der Waals surface area (Å²) in [5, 5.41) is 11.6. The lowest BCUT2D eigenvalue weighted by Gasteiger charge is -2.19. The molecule has 0 fully saturated rings. The first kappa shape index (κ1) is 26.7. The molecule has 0 saturated heterocycles. The van der Waals surface area contributed by atoms with Crippen LogP contribution in [0.4, 0.5) is 0 Å². The predicted octanol–water partition coefficient (Wildman–Crippen LogP) is 4.19. The molecule has 190 valence electrons. The van der Waals surface area contributed by atoms with Crippen molar-refractivity contribution in [1.29, 1.82) is 0 Å². The Morgan fingerprint density at radius 2 is 1.86 bits per heavy atom. The number of carboxylic acids is 1. The van der Waals surface area contributed by atoms with Gasteiger partial charge in [-0.25, -0.2) is 4.79 Å². The molecule has 0 bridgehead atoms. The molecule has 0 aliphatic carbocycles. The number of allylic oxidation sites excluding steroid dienone is 2. The van der Waals surface area contributed by atoms with E-state index in [2.05, 4.69) is 5.32 Å². The molecule has 2 N–H and O–H groups in total. The molecule has 0 atom stereocenters. The minimum Gasteiger partial charge on any atom is -0.481 e. The van der Waals surface area contributed by atoms with Gasteiger partial charge in [-0.3, -0.25) is 14.4 Å². The Morgan fingerprint density at radius 1 is 1.14 bits per heavy atom. The van der Waals surface area contributed by atoms with E-state index in [1.165, 1.54) is 0 Å². The summed E-state index contributed by atoms with van der Waals surface area (Å²) in [5.41, 5.74) is 5.19. The quantitative estimate of drug-likeness (QED) is 0.208. The summed E-state index contributed by atoms with van der Waals surface area (Å²) in [6, 6.07) is 9.32. The Hall–Kier alpha value is -3.94. The second kappa shape index (κ2) is 12.2. The van der Waals surface area contributed by atoms with Crippen LogP contribution in [0.15, 0.2) is 42.0 Å². The van der Waals surface area contributed by atoms with E-state index >= 15 is 0 Å². The standard InChI is InChI=1S/C28H31NO7/c1-4-20-18(3)22-16-35-28(34)26(22)27(21(20)12-10-17(2)11-13-24(31)32)36-25(33)14-23(30)29-15-19-8-6-5-7-9-19/h5-10H,4,11-16H2,1-3H3,(H,29,30)(H,31,32)/b17-10+. The van der Waals surface area contributed by atoms with Crippen molar-refractivity contribution < 1.29 is 33.8 Å². The van der Waals surface area contributed by atoms with Crippen molar-refractivity contribution >= 4 is 23.8 Å². The van der Waals surface area contributed by atoms with Gasteiger partial charge in [0.15, 0.2) is 0 Å². The van der Waals surface area contributed by atoms with Gasteiger partial charge in [0.05, 0.1) is 0 Å². The van der Waals surface area contributed by atoms with E-state index in [0.717, 1.165) is 22.3 Å². The second-order valence-corrected chi connectivity index (χ2v) is 8.76. The number of carboxylic acid groups (broad SMARTS) is 1.